The Labute approximate surface area is 44.0 Å². The number of hydrogen-bond acceptors (Lipinski definition) is 3. The maximum Gasteiger partial charge on any atom is 0.324 e. The second-order valence-corrected chi connectivity index (χ2v) is 0.805. The Morgan fingerprint density at radius 1 is 0.833 bits per heavy atom. The molecule has 2 atom stereocenters. The second-order valence-electron chi connectivity index (χ2n) is 0.268. The first-order valence-electron chi connectivity index (χ1n) is 0.600. The van der Waals surface area contributed by atoms with Gasteiger partial charge < -0.3 is 14.7 Å². The van der Waals surface area contributed by atoms with Crippen LogP contribution in [0, 0.1) is 0 Å². The van der Waals surface area contributed by atoms with E-state index in [-0.39, 0.29) is 19.8 Å². The van der Waals surface area contributed by atoms with Crippen molar-refractivity contribution in [3.05, 3.63) is 0 Å². The first kappa shape index (κ1) is 15.7. The standard InChI is InChI=1S/H3O3P.2H3P/c1-4(2)3;;/h1-3H;2*1H3. The first-order valence-corrected chi connectivity index (χ1v) is 1.80. The summed E-state index contributed by atoms with van der Waals surface area (Å²) in [6, 6.07) is 0. The van der Waals surface area contributed by atoms with Crippen molar-refractivity contribution in [1.82, 2.24) is 0 Å². The zero-order valence-electron chi connectivity index (χ0n) is 3.20. The highest BCUT2D eigenvalue weighted by Crippen LogP contribution is 2.11. The summed E-state index contributed by atoms with van der Waals surface area (Å²) < 4.78 is 0. The lowest BCUT2D eigenvalue weighted by molar-refractivity contribution is 0.368. The molecule has 3 nitrogen and oxygen atoms in total. The molecule has 0 radical (unpaired) electrons. The smallest absolute Gasteiger partial charge is 0.324 e. The summed E-state index contributed by atoms with van der Waals surface area (Å²) >= 11 is 0. The lowest BCUT2D eigenvalue weighted by Crippen LogP contribution is -1.54. The van der Waals surface area contributed by atoms with E-state index in [1.165, 1.54) is 0 Å². The van der Waals surface area contributed by atoms with Crippen LogP contribution in [-0.4, -0.2) is 14.7 Å². The minimum Gasteiger partial charge on any atom is -0.328 e. The summed E-state index contributed by atoms with van der Waals surface area (Å²) in [4.78, 5) is 21.7. The Kier molecular flexibility index (Phi) is 24.8. The van der Waals surface area contributed by atoms with Crippen LogP contribution in [-0.2, 0) is 0 Å². The number of rotatable bonds is 0. The van der Waals surface area contributed by atoms with E-state index in [4.69, 9.17) is 14.7 Å². The van der Waals surface area contributed by atoms with E-state index < -0.39 is 8.60 Å². The van der Waals surface area contributed by atoms with E-state index in [0.717, 1.165) is 0 Å². The fourth-order valence-corrected chi connectivity index (χ4v) is 0. The summed E-state index contributed by atoms with van der Waals surface area (Å²) in [5.41, 5.74) is 0. The van der Waals surface area contributed by atoms with Gasteiger partial charge in [0.25, 0.3) is 0 Å². The fourth-order valence-electron chi connectivity index (χ4n) is 0. The van der Waals surface area contributed by atoms with Gasteiger partial charge in [-0.2, -0.15) is 19.8 Å². The van der Waals surface area contributed by atoms with Crippen molar-refractivity contribution in [2.24, 2.45) is 0 Å². The van der Waals surface area contributed by atoms with Crippen LogP contribution < -0.4 is 0 Å². The average molecular weight is 150 g/mol. The summed E-state index contributed by atoms with van der Waals surface area (Å²) in [6.07, 6.45) is 0. The Hall–Kier alpha value is 1.17. The topological polar surface area (TPSA) is 60.7 Å². The summed E-state index contributed by atoms with van der Waals surface area (Å²) in [6.45, 7) is 0. The molecule has 0 rings (SSSR count). The molecule has 3 N–H and O–H groups in total. The molecule has 0 aromatic carbocycles. The molecule has 0 aromatic heterocycles. The van der Waals surface area contributed by atoms with Crippen LogP contribution in [0.3, 0.4) is 0 Å². The molecule has 0 fully saturated rings. The van der Waals surface area contributed by atoms with Gasteiger partial charge in [0.15, 0.2) is 0 Å². The molecular weight excluding hydrogens is 141 g/mol. The molecule has 0 bridgehead atoms. The van der Waals surface area contributed by atoms with Gasteiger partial charge in [-0.15, -0.1) is 0 Å². The first-order chi connectivity index (χ1) is 1.73. The fraction of sp³-hybridized carbons (Fsp3) is 0. The molecule has 6 heteroatoms. The van der Waals surface area contributed by atoms with Gasteiger partial charge >= 0.3 is 8.60 Å². The Bertz CT molecular complexity index is 10.8. The molecule has 0 heterocycles. The molecule has 42 valence electrons. The van der Waals surface area contributed by atoms with Crippen molar-refractivity contribution < 1.29 is 14.7 Å². The van der Waals surface area contributed by atoms with Crippen LogP contribution in [0.15, 0.2) is 0 Å². The summed E-state index contributed by atoms with van der Waals surface area (Å²) in [5.74, 6) is 0. The van der Waals surface area contributed by atoms with Gasteiger partial charge in [-0.05, 0) is 0 Å². The van der Waals surface area contributed by atoms with Crippen molar-refractivity contribution in [3.63, 3.8) is 0 Å². The van der Waals surface area contributed by atoms with Crippen LogP contribution in [0.5, 0.6) is 0 Å². The quantitative estimate of drug-likeness (QED) is 0.400. The minimum atomic E-state index is -2.62. The monoisotopic (exact) mass is 150 g/mol. The molecule has 0 amide bonds. The summed E-state index contributed by atoms with van der Waals surface area (Å²) in [7, 11) is -2.62. The zero-order chi connectivity index (χ0) is 3.58. The van der Waals surface area contributed by atoms with Gasteiger partial charge in [0.05, 0.1) is 0 Å². The molecule has 0 saturated heterocycles. The average Bonchev–Trinajstić information content (AvgIpc) is 0.811. The lowest BCUT2D eigenvalue weighted by atomic mass is 15.8. The van der Waals surface area contributed by atoms with Gasteiger partial charge in [0.2, 0.25) is 0 Å². The minimum absolute atomic E-state index is 0. The highest BCUT2D eigenvalue weighted by atomic mass is 31.2. The third kappa shape index (κ3) is 65.7. The molecule has 0 saturated carbocycles. The molecule has 0 spiro atoms. The predicted octanol–water partition coefficient (Wildman–Crippen LogP) is -0.694. The van der Waals surface area contributed by atoms with Gasteiger partial charge in [-0.1, -0.05) is 0 Å². The van der Waals surface area contributed by atoms with Gasteiger partial charge in [0.1, 0.15) is 0 Å². The number of hydrogen-bond donors (Lipinski definition) is 3. The van der Waals surface area contributed by atoms with Gasteiger partial charge in [-0.3, -0.25) is 0 Å². The molecule has 6 heavy (non-hydrogen) atoms. The molecule has 0 aliphatic carbocycles. The van der Waals surface area contributed by atoms with Crippen LogP contribution >= 0.6 is 28.4 Å². The van der Waals surface area contributed by atoms with Crippen molar-refractivity contribution in [3.8, 4) is 0 Å². The molecule has 2 unspecified atom stereocenters. The molecular formula is H9O3P3. The predicted molar refractivity (Wildman–Crippen MR) is 35.8 cm³/mol. The SMILES string of the molecule is OP(O)O.P.P. The van der Waals surface area contributed by atoms with Gasteiger partial charge in [-0.25, -0.2) is 0 Å². The van der Waals surface area contributed by atoms with Crippen molar-refractivity contribution in [1.29, 1.82) is 0 Å². The lowest BCUT2D eigenvalue weighted by Gasteiger charge is -1.76. The van der Waals surface area contributed by atoms with Crippen LogP contribution in [0.25, 0.3) is 0 Å². The summed E-state index contributed by atoms with van der Waals surface area (Å²) in [5, 5.41) is 0. The largest absolute Gasteiger partial charge is 0.328 e. The highest BCUT2D eigenvalue weighted by Gasteiger charge is 1.76. The van der Waals surface area contributed by atoms with E-state index in [1.54, 1.807) is 0 Å². The Morgan fingerprint density at radius 3 is 0.833 bits per heavy atom. The van der Waals surface area contributed by atoms with Crippen molar-refractivity contribution in [2.45, 2.75) is 0 Å². The van der Waals surface area contributed by atoms with Gasteiger partial charge in [0, 0.05) is 0 Å². The van der Waals surface area contributed by atoms with E-state index in [1.807, 2.05) is 0 Å². The second kappa shape index (κ2) is 9.48. The molecule has 0 aliphatic rings. The third-order valence-corrected chi connectivity index (χ3v) is 0. The third-order valence-electron chi connectivity index (χ3n) is 0. The van der Waals surface area contributed by atoms with Crippen LogP contribution in [0.4, 0.5) is 0 Å². The maximum absolute atomic E-state index is 7.23. The van der Waals surface area contributed by atoms with Crippen LogP contribution in [0.1, 0.15) is 0 Å². The van der Waals surface area contributed by atoms with E-state index in [9.17, 15) is 0 Å². The molecule has 0 aromatic rings. The van der Waals surface area contributed by atoms with Crippen LogP contribution in [0.2, 0.25) is 0 Å². The maximum atomic E-state index is 7.23. The zero-order valence-corrected chi connectivity index (χ0v) is 6.93. The van der Waals surface area contributed by atoms with E-state index in [2.05, 4.69) is 0 Å². The van der Waals surface area contributed by atoms with Crippen molar-refractivity contribution >= 4 is 28.4 Å². The normalized spacial score (nSPS) is 6.00. The highest BCUT2D eigenvalue weighted by molar-refractivity contribution is 7.38. The van der Waals surface area contributed by atoms with E-state index in [0.29, 0.717) is 0 Å². The molecule has 0 aliphatic heterocycles. The van der Waals surface area contributed by atoms with E-state index >= 15 is 0 Å². The Morgan fingerprint density at radius 2 is 0.833 bits per heavy atom. The Balaban J connectivity index is -0.0000000450. The van der Waals surface area contributed by atoms with Crippen molar-refractivity contribution in [2.75, 3.05) is 0 Å².